The molecule has 9 heteroatoms. The van der Waals surface area contributed by atoms with Crippen LogP contribution in [0.3, 0.4) is 0 Å². The van der Waals surface area contributed by atoms with E-state index < -0.39 is 17.7 Å². The summed E-state index contributed by atoms with van der Waals surface area (Å²) in [6.45, 7) is 6.03. The quantitative estimate of drug-likeness (QED) is 0.626. The van der Waals surface area contributed by atoms with Crippen molar-refractivity contribution in [1.29, 1.82) is 0 Å². The molecule has 1 atom stereocenters. The van der Waals surface area contributed by atoms with E-state index in [1.807, 2.05) is 44.4 Å². The fourth-order valence-electron chi connectivity index (χ4n) is 3.58. The molecule has 3 aromatic heterocycles. The molecule has 1 aliphatic rings. The Bertz CT molecular complexity index is 1110. The van der Waals surface area contributed by atoms with Gasteiger partial charge >= 0.3 is 6.09 Å². The van der Waals surface area contributed by atoms with Gasteiger partial charge in [0, 0.05) is 43.5 Å². The molecule has 1 unspecified atom stereocenters. The van der Waals surface area contributed by atoms with Crippen LogP contribution in [0.2, 0.25) is 0 Å². The molecule has 1 aliphatic heterocycles. The first-order chi connectivity index (χ1) is 14.2. The topological polar surface area (TPSA) is 80.0 Å². The van der Waals surface area contributed by atoms with Crippen molar-refractivity contribution in [3.63, 3.8) is 0 Å². The smallest absolute Gasteiger partial charge is 0.411 e. The Morgan fingerprint density at radius 3 is 2.77 bits per heavy atom. The van der Waals surface area contributed by atoms with Crippen LogP contribution in [0.5, 0.6) is 0 Å². The molecule has 4 rings (SSSR count). The van der Waals surface area contributed by atoms with Crippen LogP contribution in [-0.4, -0.2) is 62.6 Å². The van der Waals surface area contributed by atoms with E-state index in [-0.39, 0.29) is 5.91 Å². The number of fused-ring (bicyclic) bond motifs is 3. The van der Waals surface area contributed by atoms with Crippen LogP contribution in [0, 0.1) is 0 Å². The summed E-state index contributed by atoms with van der Waals surface area (Å²) in [6.07, 6.45) is 1.93. The van der Waals surface area contributed by atoms with E-state index in [1.165, 1.54) is 11.3 Å². The van der Waals surface area contributed by atoms with Crippen molar-refractivity contribution >= 4 is 29.0 Å². The van der Waals surface area contributed by atoms with Crippen molar-refractivity contribution in [1.82, 2.24) is 24.4 Å². The lowest BCUT2D eigenvalue weighted by molar-refractivity contribution is 0.0175. The molecular formula is C21H25N5O3S. The summed E-state index contributed by atoms with van der Waals surface area (Å²) in [5, 5.41) is 6.30. The lowest BCUT2D eigenvalue weighted by Crippen LogP contribution is -2.43. The number of ether oxygens (including phenoxy) is 1. The Morgan fingerprint density at radius 2 is 2.07 bits per heavy atom. The van der Waals surface area contributed by atoms with Gasteiger partial charge in [-0.25, -0.2) is 14.3 Å². The summed E-state index contributed by atoms with van der Waals surface area (Å²) in [4.78, 5) is 34.4. The summed E-state index contributed by atoms with van der Waals surface area (Å²) in [5.74, 6) is -0.0754. The van der Waals surface area contributed by atoms with Crippen LogP contribution < -0.4 is 0 Å². The molecule has 0 N–H and O–H groups in total. The van der Waals surface area contributed by atoms with E-state index in [4.69, 9.17) is 9.72 Å². The number of rotatable bonds is 2. The third-order valence-electron chi connectivity index (χ3n) is 4.83. The maximum absolute atomic E-state index is 13.1. The molecule has 0 fully saturated rings. The minimum absolute atomic E-state index is 0.0754. The monoisotopic (exact) mass is 427 g/mol. The molecule has 0 saturated heterocycles. The van der Waals surface area contributed by atoms with Gasteiger partial charge in [0.05, 0.1) is 17.0 Å². The van der Waals surface area contributed by atoms with Crippen molar-refractivity contribution in [2.75, 3.05) is 20.6 Å². The van der Waals surface area contributed by atoms with Crippen LogP contribution >= 0.6 is 11.3 Å². The van der Waals surface area contributed by atoms with E-state index in [1.54, 1.807) is 34.6 Å². The van der Waals surface area contributed by atoms with Crippen LogP contribution in [0.25, 0.3) is 5.65 Å². The molecule has 4 heterocycles. The maximum atomic E-state index is 13.1. The second-order valence-electron chi connectivity index (χ2n) is 8.50. The molecule has 0 aromatic carbocycles. The highest BCUT2D eigenvalue weighted by Crippen LogP contribution is 2.39. The second-order valence-corrected chi connectivity index (χ2v) is 9.44. The van der Waals surface area contributed by atoms with E-state index in [2.05, 4.69) is 5.10 Å². The summed E-state index contributed by atoms with van der Waals surface area (Å²) < 4.78 is 7.47. The zero-order valence-electron chi connectivity index (χ0n) is 17.7. The van der Waals surface area contributed by atoms with Gasteiger partial charge in [-0.2, -0.15) is 5.10 Å². The highest BCUT2D eigenvalue weighted by Gasteiger charge is 2.39. The second kappa shape index (κ2) is 7.39. The Hall–Kier alpha value is -2.94. The fourth-order valence-corrected chi connectivity index (χ4v) is 4.58. The molecule has 158 valence electrons. The molecular weight excluding hydrogens is 402 g/mol. The zero-order valence-corrected chi connectivity index (χ0v) is 18.6. The molecule has 8 nitrogen and oxygen atoms in total. The molecule has 2 amide bonds. The van der Waals surface area contributed by atoms with Crippen molar-refractivity contribution < 1.29 is 14.3 Å². The molecule has 0 aliphatic carbocycles. The van der Waals surface area contributed by atoms with Crippen LogP contribution in [0.15, 0.2) is 29.8 Å². The molecule has 0 saturated carbocycles. The van der Waals surface area contributed by atoms with Crippen LogP contribution in [0.4, 0.5) is 4.79 Å². The summed E-state index contributed by atoms with van der Waals surface area (Å²) in [7, 11) is 3.44. The summed E-state index contributed by atoms with van der Waals surface area (Å²) in [6, 6.07) is 5.16. The van der Waals surface area contributed by atoms with E-state index in [0.717, 1.165) is 21.9 Å². The third kappa shape index (κ3) is 3.65. The van der Waals surface area contributed by atoms with Gasteiger partial charge in [-0.05, 0) is 39.0 Å². The maximum Gasteiger partial charge on any atom is 0.411 e. The number of hydrogen-bond donors (Lipinski definition) is 0. The highest BCUT2D eigenvalue weighted by atomic mass is 32.1. The Morgan fingerprint density at radius 1 is 1.30 bits per heavy atom. The lowest BCUT2D eigenvalue weighted by atomic mass is 10.0. The molecule has 0 bridgehead atoms. The van der Waals surface area contributed by atoms with Gasteiger partial charge in [-0.15, -0.1) is 11.3 Å². The number of amides is 2. The summed E-state index contributed by atoms with van der Waals surface area (Å²) in [5.41, 5.74) is 2.47. The van der Waals surface area contributed by atoms with Gasteiger partial charge in [-0.1, -0.05) is 0 Å². The van der Waals surface area contributed by atoms with E-state index in [9.17, 15) is 9.59 Å². The van der Waals surface area contributed by atoms with Gasteiger partial charge in [-0.3, -0.25) is 9.69 Å². The predicted octanol–water partition coefficient (Wildman–Crippen LogP) is 3.38. The first-order valence-electron chi connectivity index (χ1n) is 9.78. The van der Waals surface area contributed by atoms with Crippen molar-refractivity contribution in [3.05, 3.63) is 51.6 Å². The van der Waals surface area contributed by atoms with Crippen LogP contribution in [-0.2, 0) is 11.2 Å². The first-order valence-corrected chi connectivity index (χ1v) is 10.7. The third-order valence-corrected chi connectivity index (χ3v) is 5.82. The average Bonchev–Trinajstić information content (AvgIpc) is 3.30. The van der Waals surface area contributed by atoms with Gasteiger partial charge in [0.15, 0.2) is 5.65 Å². The standard InChI is InChI=1S/C21H25N5O3S/c1-21(2,3)29-20(28)25-10-8-14-17(26-16(23-14)7-6-9-22-26)18(25)15-11-13(12-30-15)19(27)24(4)5/h6-7,9,11-12,18H,8,10H2,1-5H3. The van der Waals surface area contributed by atoms with Gasteiger partial charge < -0.3 is 9.64 Å². The first kappa shape index (κ1) is 20.3. The molecule has 0 radical (unpaired) electrons. The number of hydrogen-bond acceptors (Lipinski definition) is 6. The summed E-state index contributed by atoms with van der Waals surface area (Å²) >= 11 is 1.45. The fraction of sp³-hybridized carbons (Fsp3) is 0.429. The normalized spacial score (nSPS) is 16.4. The number of thiophene rings is 1. The van der Waals surface area contributed by atoms with E-state index >= 15 is 0 Å². The number of carbonyl (C=O) groups is 2. The Balaban J connectivity index is 1.83. The number of carbonyl (C=O) groups excluding carboxylic acids is 2. The van der Waals surface area contributed by atoms with Crippen LogP contribution in [0.1, 0.15) is 53.4 Å². The Kier molecular flexibility index (Phi) is 5.01. The Labute approximate surface area is 179 Å². The molecule has 3 aromatic rings. The van der Waals surface area contributed by atoms with Crippen molar-refractivity contribution in [2.45, 2.75) is 38.8 Å². The number of imidazole rings is 1. The van der Waals surface area contributed by atoms with Crippen molar-refractivity contribution in [3.8, 4) is 0 Å². The highest BCUT2D eigenvalue weighted by molar-refractivity contribution is 7.10. The van der Waals surface area contributed by atoms with Crippen molar-refractivity contribution in [2.24, 2.45) is 0 Å². The minimum Gasteiger partial charge on any atom is -0.444 e. The van der Waals surface area contributed by atoms with Gasteiger partial charge in [0.2, 0.25) is 0 Å². The number of aromatic nitrogens is 3. The number of nitrogens with zero attached hydrogens (tertiary/aromatic N) is 5. The van der Waals surface area contributed by atoms with E-state index in [0.29, 0.717) is 18.5 Å². The largest absolute Gasteiger partial charge is 0.444 e. The van der Waals surface area contributed by atoms with Gasteiger partial charge in [0.25, 0.3) is 5.91 Å². The average molecular weight is 428 g/mol. The zero-order chi connectivity index (χ0) is 21.6. The molecule has 30 heavy (non-hydrogen) atoms. The predicted molar refractivity (Wildman–Crippen MR) is 114 cm³/mol. The van der Waals surface area contributed by atoms with Gasteiger partial charge in [0.1, 0.15) is 11.6 Å². The molecule has 0 spiro atoms. The SMILES string of the molecule is CN(C)C(=O)c1csc(C2c3c(nc4cccnn34)CCN2C(=O)OC(C)(C)C)c1. The lowest BCUT2D eigenvalue weighted by Gasteiger charge is -2.35. The minimum atomic E-state index is -0.610.